The molecule has 0 aliphatic carbocycles. The van der Waals surface area contributed by atoms with Crippen LogP contribution in [0.15, 0.2) is 39.4 Å². The molecule has 0 fully saturated rings. The molecule has 0 unspecified atom stereocenters. The third kappa shape index (κ3) is 3.54. The smallest absolute Gasteiger partial charge is 0.255 e. The molecule has 19 heavy (non-hydrogen) atoms. The first-order chi connectivity index (χ1) is 8.95. The van der Waals surface area contributed by atoms with E-state index in [9.17, 15) is 4.79 Å². The highest BCUT2D eigenvalue weighted by Crippen LogP contribution is 2.20. The van der Waals surface area contributed by atoms with Crippen molar-refractivity contribution in [1.82, 2.24) is 4.98 Å². The van der Waals surface area contributed by atoms with Crippen molar-refractivity contribution in [2.75, 3.05) is 11.1 Å². The molecule has 0 bridgehead atoms. The van der Waals surface area contributed by atoms with E-state index in [1.807, 2.05) is 6.92 Å². The molecule has 1 amide bonds. The largest absolute Gasteiger partial charge is 0.399 e. The second kappa shape index (κ2) is 5.71. The van der Waals surface area contributed by atoms with Gasteiger partial charge in [0, 0.05) is 15.7 Å². The maximum absolute atomic E-state index is 12.1. The average Bonchev–Trinajstić information content (AvgIpc) is 2.31. The number of nitrogens with two attached hydrogens (primary N) is 1. The first-order valence-electron chi connectivity index (χ1n) is 5.46. The van der Waals surface area contributed by atoms with E-state index in [2.05, 4.69) is 42.2 Å². The number of carbonyl (C=O) groups is 1. The number of pyridine rings is 1. The number of nitrogens with one attached hydrogen (secondary N) is 1. The maximum atomic E-state index is 12.1. The van der Waals surface area contributed by atoms with Crippen molar-refractivity contribution in [2.45, 2.75) is 6.92 Å². The Morgan fingerprint density at radius 2 is 2.00 bits per heavy atom. The molecule has 0 radical (unpaired) electrons. The lowest BCUT2D eigenvalue weighted by Crippen LogP contribution is -2.13. The molecule has 0 saturated carbocycles. The van der Waals surface area contributed by atoms with Crippen molar-refractivity contribution in [3.05, 3.63) is 50.7 Å². The molecule has 1 aromatic carbocycles. The monoisotopic (exact) mass is 383 g/mol. The standard InChI is InChI=1S/C13H11Br2N3O/c1-7-11(2-3-12(15)17-7)18-13(19)8-4-9(14)6-10(16)5-8/h2-6H,16H2,1H3,(H,18,19). The number of rotatable bonds is 2. The van der Waals surface area contributed by atoms with Gasteiger partial charge in [0.05, 0.1) is 11.4 Å². The predicted molar refractivity (Wildman–Crippen MR) is 83.2 cm³/mol. The number of anilines is 2. The molecule has 4 nitrogen and oxygen atoms in total. The summed E-state index contributed by atoms with van der Waals surface area (Å²) in [6.07, 6.45) is 0. The van der Waals surface area contributed by atoms with Crippen molar-refractivity contribution < 1.29 is 4.79 Å². The van der Waals surface area contributed by atoms with E-state index in [0.29, 0.717) is 16.9 Å². The summed E-state index contributed by atoms with van der Waals surface area (Å²) >= 11 is 6.59. The minimum Gasteiger partial charge on any atom is -0.399 e. The average molecular weight is 385 g/mol. The lowest BCUT2D eigenvalue weighted by molar-refractivity contribution is 0.102. The van der Waals surface area contributed by atoms with E-state index in [4.69, 9.17) is 5.73 Å². The van der Waals surface area contributed by atoms with E-state index >= 15 is 0 Å². The molecule has 98 valence electrons. The van der Waals surface area contributed by atoms with Gasteiger partial charge in [-0.3, -0.25) is 4.79 Å². The molecule has 2 aromatic rings. The number of aromatic nitrogens is 1. The second-order valence-corrected chi connectivity index (χ2v) is 5.72. The molecule has 1 heterocycles. The molecular weight excluding hydrogens is 374 g/mol. The fraction of sp³-hybridized carbons (Fsp3) is 0.0769. The Hall–Kier alpha value is -1.40. The van der Waals surface area contributed by atoms with Gasteiger partial charge < -0.3 is 11.1 Å². The lowest BCUT2D eigenvalue weighted by atomic mass is 10.2. The van der Waals surface area contributed by atoms with Gasteiger partial charge in [-0.1, -0.05) is 15.9 Å². The Bertz CT molecular complexity index is 624. The van der Waals surface area contributed by atoms with Gasteiger partial charge in [-0.2, -0.15) is 0 Å². The number of benzene rings is 1. The molecule has 3 N–H and O–H groups in total. The molecule has 0 atom stereocenters. The van der Waals surface area contributed by atoms with Crippen molar-refractivity contribution in [3.63, 3.8) is 0 Å². The molecule has 0 aliphatic rings. The zero-order valence-corrected chi connectivity index (χ0v) is 13.2. The third-order valence-corrected chi connectivity index (χ3v) is 3.38. The van der Waals surface area contributed by atoms with E-state index in [0.717, 1.165) is 14.8 Å². The van der Waals surface area contributed by atoms with Crippen LogP contribution in [-0.4, -0.2) is 10.9 Å². The van der Waals surface area contributed by atoms with Crippen molar-refractivity contribution >= 4 is 49.1 Å². The number of hydrogen-bond acceptors (Lipinski definition) is 3. The number of amides is 1. The van der Waals surface area contributed by atoms with Crippen LogP contribution in [0.5, 0.6) is 0 Å². The van der Waals surface area contributed by atoms with Crippen LogP contribution in [0.25, 0.3) is 0 Å². The van der Waals surface area contributed by atoms with E-state index in [1.165, 1.54) is 0 Å². The van der Waals surface area contributed by atoms with Crippen LogP contribution in [-0.2, 0) is 0 Å². The Kier molecular flexibility index (Phi) is 4.21. The highest BCUT2D eigenvalue weighted by Gasteiger charge is 2.10. The zero-order chi connectivity index (χ0) is 14.0. The van der Waals surface area contributed by atoms with Crippen LogP contribution in [0.3, 0.4) is 0 Å². The minimum absolute atomic E-state index is 0.222. The molecular formula is C13H11Br2N3O. The Balaban J connectivity index is 2.25. The normalized spacial score (nSPS) is 10.3. The summed E-state index contributed by atoms with van der Waals surface area (Å²) in [4.78, 5) is 16.4. The number of nitrogen functional groups attached to an aromatic ring is 1. The minimum atomic E-state index is -0.222. The quantitative estimate of drug-likeness (QED) is 0.612. The number of hydrogen-bond donors (Lipinski definition) is 2. The maximum Gasteiger partial charge on any atom is 0.255 e. The first-order valence-corrected chi connectivity index (χ1v) is 7.05. The first kappa shape index (κ1) is 14.0. The second-order valence-electron chi connectivity index (χ2n) is 3.99. The van der Waals surface area contributed by atoms with Crippen LogP contribution in [0, 0.1) is 6.92 Å². The van der Waals surface area contributed by atoms with Gasteiger partial charge in [-0.25, -0.2) is 4.98 Å². The summed E-state index contributed by atoms with van der Waals surface area (Å²) in [7, 11) is 0. The van der Waals surface area contributed by atoms with Gasteiger partial charge in [0.2, 0.25) is 0 Å². The highest BCUT2D eigenvalue weighted by atomic mass is 79.9. The molecule has 0 aliphatic heterocycles. The van der Waals surface area contributed by atoms with Gasteiger partial charge >= 0.3 is 0 Å². The van der Waals surface area contributed by atoms with Gasteiger partial charge in [-0.05, 0) is 53.2 Å². The number of halogens is 2. The predicted octanol–water partition coefficient (Wildman–Crippen LogP) is 3.75. The molecule has 0 spiro atoms. The number of nitrogens with zero attached hydrogens (tertiary/aromatic N) is 1. The van der Waals surface area contributed by atoms with Gasteiger partial charge in [0.25, 0.3) is 5.91 Å². The highest BCUT2D eigenvalue weighted by molar-refractivity contribution is 9.10. The topological polar surface area (TPSA) is 68.0 Å². The van der Waals surface area contributed by atoms with Crippen LogP contribution in [0.4, 0.5) is 11.4 Å². The molecule has 0 saturated heterocycles. The van der Waals surface area contributed by atoms with E-state index in [1.54, 1.807) is 30.3 Å². The molecule has 1 aromatic heterocycles. The van der Waals surface area contributed by atoms with Gasteiger partial charge in [0.1, 0.15) is 4.60 Å². The fourth-order valence-electron chi connectivity index (χ4n) is 1.60. The summed E-state index contributed by atoms with van der Waals surface area (Å²) < 4.78 is 1.50. The van der Waals surface area contributed by atoms with Crippen molar-refractivity contribution in [3.8, 4) is 0 Å². The van der Waals surface area contributed by atoms with Crippen molar-refractivity contribution in [1.29, 1.82) is 0 Å². The van der Waals surface area contributed by atoms with Crippen LogP contribution >= 0.6 is 31.9 Å². The van der Waals surface area contributed by atoms with Crippen molar-refractivity contribution in [2.24, 2.45) is 0 Å². The summed E-state index contributed by atoms with van der Waals surface area (Å²) in [5.74, 6) is -0.222. The van der Waals surface area contributed by atoms with Crippen LogP contribution in [0.2, 0.25) is 0 Å². The number of carbonyl (C=O) groups excluding carboxylic acids is 1. The Labute approximate surface area is 127 Å². The van der Waals surface area contributed by atoms with Gasteiger partial charge in [-0.15, -0.1) is 0 Å². The van der Waals surface area contributed by atoms with Crippen LogP contribution in [0.1, 0.15) is 16.1 Å². The Morgan fingerprint density at radius 3 is 2.63 bits per heavy atom. The molecule has 2 rings (SSSR count). The number of aryl methyl sites for hydroxylation is 1. The van der Waals surface area contributed by atoms with Gasteiger partial charge in [0.15, 0.2) is 0 Å². The summed E-state index contributed by atoms with van der Waals surface area (Å²) in [6.45, 7) is 1.83. The summed E-state index contributed by atoms with van der Waals surface area (Å²) in [6, 6.07) is 8.65. The Morgan fingerprint density at radius 1 is 1.26 bits per heavy atom. The third-order valence-electron chi connectivity index (χ3n) is 2.48. The zero-order valence-electron chi connectivity index (χ0n) is 10.1. The SMILES string of the molecule is Cc1nc(Br)ccc1NC(=O)c1cc(N)cc(Br)c1. The van der Waals surface area contributed by atoms with Crippen LogP contribution < -0.4 is 11.1 Å². The fourth-order valence-corrected chi connectivity index (χ4v) is 2.51. The summed E-state index contributed by atoms with van der Waals surface area (Å²) in [5, 5.41) is 2.81. The summed E-state index contributed by atoms with van der Waals surface area (Å²) in [5.41, 5.74) is 8.15. The molecule has 6 heteroatoms. The lowest BCUT2D eigenvalue weighted by Gasteiger charge is -2.09. The van der Waals surface area contributed by atoms with E-state index in [-0.39, 0.29) is 5.91 Å². The van der Waals surface area contributed by atoms with E-state index < -0.39 is 0 Å².